The zero-order valence-corrected chi connectivity index (χ0v) is 14.3. The molecule has 0 amide bonds. The fourth-order valence-corrected chi connectivity index (χ4v) is 4.05. The molecule has 4 aromatic rings. The molecular weight excluding hydrogens is 310 g/mol. The lowest BCUT2D eigenvalue weighted by Gasteiger charge is -2.15. The number of benzene rings is 1. The third-order valence-electron chi connectivity index (χ3n) is 5.32. The molecule has 1 saturated heterocycles. The Balaban J connectivity index is 1.76. The van der Waals surface area contributed by atoms with Crippen LogP contribution >= 0.6 is 0 Å². The Kier molecular flexibility index (Phi) is 3.35. The molecule has 0 radical (unpaired) electrons. The van der Waals surface area contributed by atoms with E-state index in [9.17, 15) is 0 Å². The highest BCUT2D eigenvalue weighted by atomic mass is 15.2. The third-order valence-corrected chi connectivity index (χ3v) is 5.32. The lowest BCUT2D eigenvalue weighted by molar-refractivity contribution is 0.667. The van der Waals surface area contributed by atoms with Crippen LogP contribution in [-0.2, 0) is 6.54 Å². The van der Waals surface area contributed by atoms with Crippen LogP contribution in [0.4, 0.5) is 0 Å². The normalized spacial score (nSPS) is 17.7. The monoisotopic (exact) mass is 331 g/mol. The van der Waals surface area contributed by atoms with Crippen LogP contribution in [0.2, 0.25) is 0 Å². The maximum atomic E-state index is 4.28. The average molecular weight is 331 g/mol. The van der Waals surface area contributed by atoms with E-state index in [0.29, 0.717) is 5.92 Å². The van der Waals surface area contributed by atoms with E-state index in [1.807, 2.05) is 6.33 Å². The van der Waals surface area contributed by atoms with Crippen LogP contribution in [0.1, 0.15) is 29.2 Å². The van der Waals surface area contributed by atoms with Crippen molar-refractivity contribution in [2.45, 2.75) is 25.8 Å². The van der Waals surface area contributed by atoms with E-state index in [2.05, 4.69) is 73.9 Å². The second-order valence-corrected chi connectivity index (χ2v) is 6.95. The zero-order chi connectivity index (χ0) is 16.8. The molecule has 5 nitrogen and oxygen atoms in total. The lowest BCUT2D eigenvalue weighted by atomic mass is 10.0. The molecule has 1 aliphatic heterocycles. The molecule has 4 heterocycles. The highest BCUT2D eigenvalue weighted by Gasteiger charge is 2.23. The van der Waals surface area contributed by atoms with Crippen LogP contribution in [-0.4, -0.2) is 32.3 Å². The van der Waals surface area contributed by atoms with Gasteiger partial charge in [-0.05, 0) is 43.1 Å². The molecule has 0 spiro atoms. The van der Waals surface area contributed by atoms with Gasteiger partial charge in [-0.15, -0.1) is 10.2 Å². The van der Waals surface area contributed by atoms with Gasteiger partial charge in [0.25, 0.3) is 0 Å². The van der Waals surface area contributed by atoms with Crippen LogP contribution < -0.4 is 5.32 Å². The van der Waals surface area contributed by atoms with Crippen molar-refractivity contribution in [2.24, 2.45) is 0 Å². The van der Waals surface area contributed by atoms with Gasteiger partial charge in [-0.25, -0.2) is 0 Å². The number of pyridine rings is 1. The van der Waals surface area contributed by atoms with Crippen molar-refractivity contribution < 1.29 is 0 Å². The van der Waals surface area contributed by atoms with Crippen LogP contribution in [0, 0.1) is 6.92 Å². The van der Waals surface area contributed by atoms with Gasteiger partial charge in [0, 0.05) is 24.7 Å². The number of nitrogens with one attached hydrogen (secondary N) is 1. The molecule has 1 fully saturated rings. The van der Waals surface area contributed by atoms with Gasteiger partial charge in [-0.2, -0.15) is 0 Å². The SMILES string of the molecule is Cc1cc2c(cc(C3CCNC3)n2Cc2ccccc2)n2cnnc12. The summed E-state index contributed by atoms with van der Waals surface area (Å²) in [6.45, 7) is 5.15. The van der Waals surface area contributed by atoms with E-state index >= 15 is 0 Å². The molecular formula is C20H21N5. The first kappa shape index (κ1) is 14.7. The van der Waals surface area contributed by atoms with Crippen molar-refractivity contribution in [3.8, 4) is 0 Å². The molecule has 1 atom stereocenters. The minimum absolute atomic E-state index is 0.558. The van der Waals surface area contributed by atoms with Gasteiger partial charge < -0.3 is 9.88 Å². The second kappa shape index (κ2) is 5.70. The number of hydrogen-bond acceptors (Lipinski definition) is 3. The fourth-order valence-electron chi connectivity index (χ4n) is 4.05. The van der Waals surface area contributed by atoms with E-state index in [-0.39, 0.29) is 0 Å². The lowest BCUT2D eigenvalue weighted by Crippen LogP contribution is -2.12. The summed E-state index contributed by atoms with van der Waals surface area (Å²) in [6.07, 6.45) is 3.02. The topological polar surface area (TPSA) is 47.2 Å². The molecule has 5 rings (SSSR count). The van der Waals surface area contributed by atoms with E-state index in [0.717, 1.165) is 30.8 Å². The Morgan fingerprint density at radius 3 is 2.84 bits per heavy atom. The predicted molar refractivity (Wildman–Crippen MR) is 99.0 cm³/mol. The van der Waals surface area contributed by atoms with Crippen molar-refractivity contribution >= 4 is 16.7 Å². The van der Waals surface area contributed by atoms with Crippen molar-refractivity contribution in [3.05, 3.63) is 65.6 Å². The summed E-state index contributed by atoms with van der Waals surface area (Å²) >= 11 is 0. The zero-order valence-electron chi connectivity index (χ0n) is 14.3. The first-order valence-electron chi connectivity index (χ1n) is 8.88. The maximum Gasteiger partial charge on any atom is 0.164 e. The van der Waals surface area contributed by atoms with Gasteiger partial charge in [0.05, 0.1) is 11.0 Å². The quantitative estimate of drug-likeness (QED) is 0.627. The summed E-state index contributed by atoms with van der Waals surface area (Å²) in [5.41, 5.74) is 7.30. The van der Waals surface area contributed by atoms with E-state index < -0.39 is 0 Å². The van der Waals surface area contributed by atoms with E-state index in [1.165, 1.54) is 28.7 Å². The molecule has 25 heavy (non-hydrogen) atoms. The Morgan fingerprint density at radius 1 is 1.16 bits per heavy atom. The van der Waals surface area contributed by atoms with Crippen LogP contribution in [0.15, 0.2) is 48.8 Å². The maximum absolute atomic E-state index is 4.28. The summed E-state index contributed by atoms with van der Waals surface area (Å²) in [5, 5.41) is 11.9. The van der Waals surface area contributed by atoms with Gasteiger partial charge in [0.2, 0.25) is 0 Å². The molecule has 126 valence electrons. The smallest absolute Gasteiger partial charge is 0.164 e. The fraction of sp³-hybridized carbons (Fsp3) is 0.300. The second-order valence-electron chi connectivity index (χ2n) is 6.95. The third kappa shape index (κ3) is 2.35. The molecule has 0 bridgehead atoms. The Hall–Kier alpha value is -2.66. The van der Waals surface area contributed by atoms with Crippen molar-refractivity contribution in [1.29, 1.82) is 0 Å². The Morgan fingerprint density at radius 2 is 2.04 bits per heavy atom. The van der Waals surface area contributed by atoms with E-state index in [1.54, 1.807) is 0 Å². The highest BCUT2D eigenvalue weighted by molar-refractivity contribution is 5.82. The predicted octanol–water partition coefficient (Wildman–Crippen LogP) is 3.12. The summed E-state index contributed by atoms with van der Waals surface area (Å²) in [7, 11) is 0. The van der Waals surface area contributed by atoms with Crippen molar-refractivity contribution in [2.75, 3.05) is 13.1 Å². The highest BCUT2D eigenvalue weighted by Crippen LogP contribution is 2.31. The molecule has 1 N–H and O–H groups in total. The summed E-state index contributed by atoms with van der Waals surface area (Å²) < 4.78 is 4.60. The van der Waals surface area contributed by atoms with Crippen molar-refractivity contribution in [1.82, 2.24) is 24.5 Å². The number of rotatable bonds is 3. The van der Waals surface area contributed by atoms with Gasteiger partial charge in [-0.3, -0.25) is 4.40 Å². The Labute approximate surface area is 146 Å². The van der Waals surface area contributed by atoms with Crippen LogP contribution in [0.25, 0.3) is 16.7 Å². The number of nitrogens with zero attached hydrogens (tertiary/aromatic N) is 4. The molecule has 5 heteroatoms. The van der Waals surface area contributed by atoms with E-state index in [4.69, 9.17) is 0 Å². The minimum atomic E-state index is 0.558. The van der Waals surface area contributed by atoms with Crippen LogP contribution in [0.5, 0.6) is 0 Å². The molecule has 1 aromatic carbocycles. The first-order valence-corrected chi connectivity index (χ1v) is 8.88. The van der Waals surface area contributed by atoms with Gasteiger partial charge in [0.15, 0.2) is 5.65 Å². The van der Waals surface area contributed by atoms with Gasteiger partial charge in [-0.1, -0.05) is 30.3 Å². The first-order chi connectivity index (χ1) is 12.3. The molecule has 1 unspecified atom stereocenters. The summed E-state index contributed by atoms with van der Waals surface area (Å²) in [5.74, 6) is 0.558. The van der Waals surface area contributed by atoms with Gasteiger partial charge >= 0.3 is 0 Å². The molecule has 1 aliphatic rings. The van der Waals surface area contributed by atoms with Crippen LogP contribution in [0.3, 0.4) is 0 Å². The Bertz CT molecular complexity index is 1040. The number of hydrogen-bond donors (Lipinski definition) is 1. The number of aromatic nitrogens is 4. The molecule has 0 saturated carbocycles. The summed E-state index contributed by atoms with van der Waals surface area (Å²) in [4.78, 5) is 0. The largest absolute Gasteiger partial charge is 0.339 e. The average Bonchev–Trinajstić information content (AvgIpc) is 3.35. The molecule has 3 aromatic heterocycles. The molecule has 0 aliphatic carbocycles. The van der Waals surface area contributed by atoms with Gasteiger partial charge in [0.1, 0.15) is 6.33 Å². The van der Waals surface area contributed by atoms with Crippen molar-refractivity contribution in [3.63, 3.8) is 0 Å². The standard InChI is InChI=1S/C20H21N5/c1-14-9-18-19(25-13-22-23-20(14)25)10-17(16-7-8-21-11-16)24(18)12-15-5-3-2-4-6-15/h2-6,9-10,13,16,21H,7-8,11-12H2,1H3. The number of aryl methyl sites for hydroxylation is 1. The number of fused-ring (bicyclic) bond motifs is 3. The summed E-state index contributed by atoms with van der Waals surface area (Å²) in [6, 6.07) is 15.3. The minimum Gasteiger partial charge on any atom is -0.339 e.